The predicted molar refractivity (Wildman–Crippen MR) is 111 cm³/mol. The number of nitrogens with zero attached hydrogens (tertiary/aromatic N) is 2. The molecule has 2 aromatic carbocycles. The van der Waals surface area contributed by atoms with Gasteiger partial charge in [-0.2, -0.15) is 5.10 Å². The Bertz CT molecular complexity index is 1060. The maximum Gasteiger partial charge on any atom is 0.327 e. The zero-order valence-corrected chi connectivity index (χ0v) is 16.6. The van der Waals surface area contributed by atoms with Gasteiger partial charge in [0.25, 0.3) is 5.91 Å². The van der Waals surface area contributed by atoms with E-state index in [1.807, 2.05) is 6.07 Å². The van der Waals surface area contributed by atoms with Crippen LogP contribution in [0.15, 0.2) is 53.6 Å². The van der Waals surface area contributed by atoms with Crippen LogP contribution in [0, 0.1) is 0 Å². The highest BCUT2D eigenvalue weighted by atomic mass is 32.2. The highest BCUT2D eigenvalue weighted by molar-refractivity contribution is 8.00. The van der Waals surface area contributed by atoms with E-state index in [1.54, 1.807) is 49.5 Å². The van der Waals surface area contributed by atoms with Crippen LogP contribution >= 0.6 is 11.8 Å². The number of nitrogens with one attached hydrogen (secondary N) is 1. The summed E-state index contributed by atoms with van der Waals surface area (Å²) in [5, 5.41) is 7.89. The number of carbonyl (C=O) groups is 3. The molecule has 8 nitrogen and oxygen atoms in total. The third kappa shape index (κ3) is 5.14. The average molecular weight is 412 g/mol. The van der Waals surface area contributed by atoms with Gasteiger partial charge in [-0.05, 0) is 37.3 Å². The number of primary amides is 1. The topological polar surface area (TPSA) is 116 Å². The number of ether oxygens (including phenoxy) is 1. The summed E-state index contributed by atoms with van der Waals surface area (Å²) in [5.74, 6) is -1.06. The monoisotopic (exact) mass is 412 g/mol. The highest BCUT2D eigenvalue weighted by Gasteiger charge is 2.14. The van der Waals surface area contributed by atoms with Crippen molar-refractivity contribution in [3.63, 3.8) is 0 Å². The van der Waals surface area contributed by atoms with Gasteiger partial charge in [0.1, 0.15) is 6.54 Å². The molecule has 3 N–H and O–H groups in total. The van der Waals surface area contributed by atoms with Gasteiger partial charge in [-0.3, -0.25) is 19.1 Å². The minimum Gasteiger partial charge on any atom is -0.465 e. The third-order valence-corrected chi connectivity index (χ3v) is 5.08. The van der Waals surface area contributed by atoms with Gasteiger partial charge in [0.05, 0.1) is 29.6 Å². The van der Waals surface area contributed by atoms with Crippen molar-refractivity contribution in [2.24, 2.45) is 5.73 Å². The maximum atomic E-state index is 12.8. The van der Waals surface area contributed by atoms with Crippen LogP contribution in [0.2, 0.25) is 0 Å². The number of rotatable bonds is 8. The van der Waals surface area contributed by atoms with E-state index >= 15 is 0 Å². The smallest absolute Gasteiger partial charge is 0.327 e. The van der Waals surface area contributed by atoms with Gasteiger partial charge >= 0.3 is 5.97 Å². The molecule has 0 saturated carbocycles. The van der Waals surface area contributed by atoms with E-state index in [4.69, 9.17) is 10.5 Å². The summed E-state index contributed by atoms with van der Waals surface area (Å²) >= 11 is 1.21. The Morgan fingerprint density at radius 2 is 2.00 bits per heavy atom. The van der Waals surface area contributed by atoms with Crippen molar-refractivity contribution >= 4 is 46.1 Å². The average Bonchev–Trinajstić information content (AvgIpc) is 3.08. The number of anilines is 1. The summed E-state index contributed by atoms with van der Waals surface area (Å²) < 4.78 is 6.49. The molecule has 0 aliphatic carbocycles. The van der Waals surface area contributed by atoms with Crippen LogP contribution in [0.4, 0.5) is 5.69 Å². The number of esters is 1. The van der Waals surface area contributed by atoms with E-state index in [0.717, 1.165) is 5.39 Å². The fourth-order valence-corrected chi connectivity index (χ4v) is 3.52. The normalized spacial score (nSPS) is 10.7. The van der Waals surface area contributed by atoms with Gasteiger partial charge in [0.2, 0.25) is 5.91 Å². The molecule has 0 spiro atoms. The lowest BCUT2D eigenvalue weighted by atomic mass is 10.2. The maximum absolute atomic E-state index is 12.8. The van der Waals surface area contributed by atoms with Crippen molar-refractivity contribution in [3.05, 3.63) is 54.2 Å². The highest BCUT2D eigenvalue weighted by Crippen LogP contribution is 2.24. The van der Waals surface area contributed by atoms with E-state index in [-0.39, 0.29) is 24.2 Å². The first-order valence-electron chi connectivity index (χ1n) is 8.90. The fourth-order valence-electron chi connectivity index (χ4n) is 2.73. The van der Waals surface area contributed by atoms with Crippen molar-refractivity contribution in [1.82, 2.24) is 9.78 Å². The minimum absolute atomic E-state index is 0.0126. The predicted octanol–water partition coefficient (Wildman–Crippen LogP) is 2.43. The molecule has 0 saturated heterocycles. The lowest BCUT2D eigenvalue weighted by Crippen LogP contribution is -2.16. The SMILES string of the molecule is CCOC(=O)Cn1ncc2ccc(NC(=O)c3ccccc3SCC(N)=O)cc21. The second-order valence-electron chi connectivity index (χ2n) is 6.09. The Labute approximate surface area is 171 Å². The number of hydrogen-bond acceptors (Lipinski definition) is 6. The number of nitrogens with two attached hydrogens (primary N) is 1. The largest absolute Gasteiger partial charge is 0.465 e. The van der Waals surface area contributed by atoms with Crippen LogP contribution in [0.1, 0.15) is 17.3 Å². The molecule has 0 atom stereocenters. The Hall–Kier alpha value is -3.33. The molecule has 0 radical (unpaired) electrons. The van der Waals surface area contributed by atoms with Crippen LogP contribution in [-0.2, 0) is 20.9 Å². The molecule has 2 amide bonds. The summed E-state index contributed by atoms with van der Waals surface area (Å²) in [6.45, 7) is 2.03. The molecule has 0 aliphatic heterocycles. The zero-order valence-electron chi connectivity index (χ0n) is 15.8. The quantitative estimate of drug-likeness (QED) is 0.434. The van der Waals surface area contributed by atoms with Crippen molar-refractivity contribution in [2.75, 3.05) is 17.7 Å². The van der Waals surface area contributed by atoms with Crippen LogP contribution in [0.3, 0.4) is 0 Å². The van der Waals surface area contributed by atoms with Crippen molar-refractivity contribution in [1.29, 1.82) is 0 Å². The minimum atomic E-state index is -0.453. The molecule has 0 unspecified atom stereocenters. The van der Waals surface area contributed by atoms with Crippen LogP contribution in [0.25, 0.3) is 10.9 Å². The van der Waals surface area contributed by atoms with E-state index in [2.05, 4.69) is 10.4 Å². The van der Waals surface area contributed by atoms with E-state index < -0.39 is 5.91 Å². The Kier molecular flexibility index (Phi) is 6.50. The second-order valence-corrected chi connectivity index (χ2v) is 7.10. The molecule has 0 aliphatic rings. The second kappa shape index (κ2) is 9.24. The number of amides is 2. The van der Waals surface area contributed by atoms with Crippen LogP contribution in [0.5, 0.6) is 0 Å². The number of benzene rings is 2. The first kappa shape index (κ1) is 20.4. The van der Waals surface area contributed by atoms with E-state index in [9.17, 15) is 14.4 Å². The molecule has 1 heterocycles. The molecule has 1 aromatic heterocycles. The van der Waals surface area contributed by atoms with E-state index in [0.29, 0.717) is 28.3 Å². The van der Waals surface area contributed by atoms with Gasteiger partial charge in [0.15, 0.2) is 0 Å². The number of hydrogen-bond donors (Lipinski definition) is 2. The lowest BCUT2D eigenvalue weighted by Gasteiger charge is -2.10. The first-order valence-corrected chi connectivity index (χ1v) is 9.89. The summed E-state index contributed by atoms with van der Waals surface area (Å²) in [6.07, 6.45) is 1.65. The van der Waals surface area contributed by atoms with Gasteiger partial charge in [-0.1, -0.05) is 12.1 Å². The van der Waals surface area contributed by atoms with Gasteiger partial charge in [-0.25, -0.2) is 0 Å². The molecule has 150 valence electrons. The van der Waals surface area contributed by atoms with Gasteiger partial charge < -0.3 is 15.8 Å². The number of thioether (sulfide) groups is 1. The molecule has 0 fully saturated rings. The number of fused-ring (bicyclic) bond motifs is 1. The Morgan fingerprint density at radius 1 is 1.21 bits per heavy atom. The lowest BCUT2D eigenvalue weighted by molar-refractivity contribution is -0.143. The first-order chi connectivity index (χ1) is 14.0. The van der Waals surface area contributed by atoms with Crippen LogP contribution in [-0.4, -0.2) is 39.9 Å². The van der Waals surface area contributed by atoms with Gasteiger partial charge in [0, 0.05) is 16.0 Å². The molecule has 29 heavy (non-hydrogen) atoms. The fraction of sp³-hybridized carbons (Fsp3) is 0.200. The molecule has 0 bridgehead atoms. The number of aromatic nitrogens is 2. The Balaban J connectivity index is 1.80. The summed E-state index contributed by atoms with van der Waals surface area (Å²) in [5.41, 5.74) is 6.90. The van der Waals surface area contributed by atoms with E-state index in [1.165, 1.54) is 16.4 Å². The summed E-state index contributed by atoms with van der Waals surface area (Å²) in [6, 6.07) is 12.3. The van der Waals surface area contributed by atoms with Crippen LogP contribution < -0.4 is 11.1 Å². The third-order valence-electron chi connectivity index (χ3n) is 3.99. The van der Waals surface area contributed by atoms with Gasteiger partial charge in [-0.15, -0.1) is 11.8 Å². The van der Waals surface area contributed by atoms with Crippen molar-refractivity contribution < 1.29 is 19.1 Å². The number of carbonyl (C=O) groups excluding carboxylic acids is 3. The molecule has 9 heteroatoms. The molecule has 3 rings (SSSR count). The Morgan fingerprint density at radius 3 is 2.76 bits per heavy atom. The standard InChI is InChI=1S/C20H20N4O4S/c1-2-28-19(26)11-24-16-9-14(8-7-13(16)10-22-24)23-20(27)15-5-3-4-6-17(15)29-12-18(21)25/h3-10H,2,11-12H2,1H3,(H2,21,25)(H,23,27). The van der Waals surface area contributed by atoms with Crippen molar-refractivity contribution in [3.8, 4) is 0 Å². The molecular formula is C20H20N4O4S. The summed E-state index contributed by atoms with van der Waals surface area (Å²) in [4.78, 5) is 36.2. The zero-order chi connectivity index (χ0) is 20.8. The van der Waals surface area contributed by atoms with Crippen molar-refractivity contribution in [2.45, 2.75) is 18.4 Å². The summed E-state index contributed by atoms with van der Waals surface area (Å²) in [7, 11) is 0. The molecule has 3 aromatic rings. The molecular weight excluding hydrogens is 392 g/mol.